The number of para-hydroxylation sites is 1. The summed E-state index contributed by atoms with van der Waals surface area (Å²) in [6.45, 7) is 7.05. The standard InChI is InChI=1S/C17H24N6O2/c1-12-13-4-2-5-14(24)15(13)21-17(20-12)22-16(18)19-6-3-7-23-8-10-25-11-9-23/h2,4-5,24H,3,6-11H2,1H3,(H3,18,19,20,21,22). The van der Waals surface area contributed by atoms with E-state index in [1.807, 2.05) is 13.0 Å². The molecule has 0 unspecified atom stereocenters. The van der Waals surface area contributed by atoms with E-state index < -0.39 is 0 Å². The summed E-state index contributed by atoms with van der Waals surface area (Å²) in [6, 6.07) is 5.24. The summed E-state index contributed by atoms with van der Waals surface area (Å²) in [6.07, 6.45) is 0.931. The van der Waals surface area contributed by atoms with Gasteiger partial charge in [0.15, 0.2) is 5.96 Å². The summed E-state index contributed by atoms with van der Waals surface area (Å²) < 4.78 is 5.33. The van der Waals surface area contributed by atoms with Gasteiger partial charge in [0.1, 0.15) is 11.3 Å². The predicted octanol–water partition coefficient (Wildman–Crippen LogP) is 1.09. The number of nitrogens with one attached hydrogen (secondary N) is 1. The summed E-state index contributed by atoms with van der Waals surface area (Å²) in [5.41, 5.74) is 7.18. The number of guanidine groups is 1. The number of phenolic OH excluding ortho intramolecular Hbond substituents is 1. The summed E-state index contributed by atoms with van der Waals surface area (Å²) in [5, 5.41) is 13.7. The van der Waals surface area contributed by atoms with Crippen LogP contribution < -0.4 is 11.1 Å². The van der Waals surface area contributed by atoms with Crippen LogP contribution in [0, 0.1) is 6.92 Å². The van der Waals surface area contributed by atoms with E-state index in [2.05, 4.69) is 25.2 Å². The molecule has 134 valence electrons. The molecule has 0 saturated carbocycles. The van der Waals surface area contributed by atoms with Crippen molar-refractivity contribution < 1.29 is 9.84 Å². The largest absolute Gasteiger partial charge is 0.506 e. The summed E-state index contributed by atoms with van der Waals surface area (Å²) in [5.74, 6) is 0.726. The van der Waals surface area contributed by atoms with Crippen LogP contribution in [0.1, 0.15) is 12.1 Å². The highest BCUT2D eigenvalue weighted by Crippen LogP contribution is 2.24. The molecule has 0 atom stereocenters. The Hall–Kier alpha value is -2.45. The highest BCUT2D eigenvalue weighted by atomic mass is 16.5. The maximum absolute atomic E-state index is 9.96. The van der Waals surface area contributed by atoms with Crippen molar-refractivity contribution in [2.75, 3.05) is 44.7 Å². The van der Waals surface area contributed by atoms with E-state index in [-0.39, 0.29) is 11.7 Å². The quantitative estimate of drug-likeness (QED) is 0.423. The average Bonchev–Trinajstić information content (AvgIpc) is 2.61. The molecule has 1 aromatic heterocycles. The molecule has 0 radical (unpaired) electrons. The van der Waals surface area contributed by atoms with Crippen molar-refractivity contribution in [2.45, 2.75) is 13.3 Å². The van der Waals surface area contributed by atoms with Crippen LogP contribution in [0.25, 0.3) is 10.9 Å². The topological polar surface area (TPSA) is 109 Å². The highest BCUT2D eigenvalue weighted by molar-refractivity contribution is 5.93. The van der Waals surface area contributed by atoms with Crippen LogP contribution in [0.3, 0.4) is 0 Å². The number of rotatable bonds is 5. The second-order valence-electron chi connectivity index (χ2n) is 6.01. The number of hydrogen-bond donors (Lipinski definition) is 3. The average molecular weight is 344 g/mol. The number of nitrogens with zero attached hydrogens (tertiary/aromatic N) is 4. The SMILES string of the molecule is Cc1nc(NC(N)=NCCCN2CCOCC2)nc2c(O)cccc12. The minimum absolute atomic E-state index is 0.118. The van der Waals surface area contributed by atoms with Gasteiger partial charge in [-0.15, -0.1) is 0 Å². The zero-order chi connectivity index (χ0) is 17.6. The molecule has 25 heavy (non-hydrogen) atoms. The fourth-order valence-corrected chi connectivity index (χ4v) is 2.82. The van der Waals surface area contributed by atoms with Gasteiger partial charge >= 0.3 is 0 Å². The van der Waals surface area contributed by atoms with Gasteiger partial charge in [-0.3, -0.25) is 15.2 Å². The third kappa shape index (κ3) is 4.55. The maximum atomic E-state index is 9.96. The Labute approximate surface area is 146 Å². The highest BCUT2D eigenvalue weighted by Gasteiger charge is 2.10. The molecule has 1 aliphatic heterocycles. The number of nitrogens with two attached hydrogens (primary N) is 1. The Kier molecular flexibility index (Phi) is 5.62. The van der Waals surface area contributed by atoms with Crippen LogP contribution >= 0.6 is 0 Å². The Morgan fingerprint density at radius 3 is 2.96 bits per heavy atom. The van der Waals surface area contributed by atoms with E-state index in [0.29, 0.717) is 18.0 Å². The first kappa shape index (κ1) is 17.4. The van der Waals surface area contributed by atoms with Gasteiger partial charge in [0, 0.05) is 31.6 Å². The normalized spacial score (nSPS) is 16.3. The molecule has 3 rings (SSSR count). The van der Waals surface area contributed by atoms with Crippen LogP contribution in [0.15, 0.2) is 23.2 Å². The van der Waals surface area contributed by atoms with Crippen molar-refractivity contribution in [3.05, 3.63) is 23.9 Å². The van der Waals surface area contributed by atoms with Crippen LogP contribution in [0.5, 0.6) is 5.75 Å². The maximum Gasteiger partial charge on any atom is 0.230 e. The molecule has 0 amide bonds. The van der Waals surface area contributed by atoms with Crippen molar-refractivity contribution in [1.29, 1.82) is 0 Å². The molecule has 1 saturated heterocycles. The number of phenols is 1. The fraction of sp³-hybridized carbons (Fsp3) is 0.471. The van der Waals surface area contributed by atoms with E-state index in [1.54, 1.807) is 12.1 Å². The van der Waals surface area contributed by atoms with Crippen LogP contribution in [0.2, 0.25) is 0 Å². The predicted molar refractivity (Wildman–Crippen MR) is 97.9 cm³/mol. The Balaban J connectivity index is 1.57. The number of benzene rings is 1. The number of morpholine rings is 1. The Bertz CT molecular complexity index is 758. The lowest BCUT2D eigenvalue weighted by atomic mass is 10.2. The molecule has 1 fully saturated rings. The number of ether oxygens (including phenoxy) is 1. The smallest absolute Gasteiger partial charge is 0.230 e. The molecule has 8 heteroatoms. The fourth-order valence-electron chi connectivity index (χ4n) is 2.82. The zero-order valence-electron chi connectivity index (χ0n) is 14.4. The number of hydrogen-bond acceptors (Lipinski definition) is 6. The second kappa shape index (κ2) is 8.09. The number of aromatic nitrogens is 2. The molecule has 0 bridgehead atoms. The Morgan fingerprint density at radius 2 is 2.16 bits per heavy atom. The number of aromatic hydroxyl groups is 1. The van der Waals surface area contributed by atoms with Crippen molar-refractivity contribution in [1.82, 2.24) is 14.9 Å². The van der Waals surface area contributed by atoms with E-state index >= 15 is 0 Å². The lowest BCUT2D eigenvalue weighted by Crippen LogP contribution is -2.37. The Morgan fingerprint density at radius 1 is 1.36 bits per heavy atom. The van der Waals surface area contributed by atoms with Crippen LogP contribution in [-0.2, 0) is 4.74 Å². The molecule has 0 spiro atoms. The van der Waals surface area contributed by atoms with Gasteiger partial charge < -0.3 is 15.6 Å². The van der Waals surface area contributed by atoms with E-state index in [4.69, 9.17) is 10.5 Å². The van der Waals surface area contributed by atoms with Gasteiger partial charge in [0.25, 0.3) is 0 Å². The van der Waals surface area contributed by atoms with Crippen molar-refractivity contribution >= 4 is 22.8 Å². The second-order valence-corrected chi connectivity index (χ2v) is 6.01. The van der Waals surface area contributed by atoms with Crippen molar-refractivity contribution in [3.8, 4) is 5.75 Å². The van der Waals surface area contributed by atoms with Gasteiger partial charge in [-0.2, -0.15) is 0 Å². The molecule has 1 aromatic carbocycles. The van der Waals surface area contributed by atoms with E-state index in [9.17, 15) is 5.11 Å². The molecular weight excluding hydrogens is 320 g/mol. The van der Waals surface area contributed by atoms with Gasteiger partial charge in [-0.05, 0) is 19.4 Å². The molecule has 2 heterocycles. The molecule has 2 aromatic rings. The number of aryl methyl sites for hydroxylation is 1. The van der Waals surface area contributed by atoms with Gasteiger partial charge in [-0.25, -0.2) is 9.97 Å². The number of anilines is 1. The first-order chi connectivity index (χ1) is 12.1. The molecule has 4 N–H and O–H groups in total. The summed E-state index contributed by atoms with van der Waals surface area (Å²) in [7, 11) is 0. The van der Waals surface area contributed by atoms with Crippen LogP contribution in [-0.4, -0.2) is 65.3 Å². The summed E-state index contributed by atoms with van der Waals surface area (Å²) in [4.78, 5) is 15.4. The minimum atomic E-state index is 0.118. The number of fused-ring (bicyclic) bond motifs is 1. The zero-order valence-corrected chi connectivity index (χ0v) is 14.4. The third-order valence-corrected chi connectivity index (χ3v) is 4.15. The first-order valence-electron chi connectivity index (χ1n) is 8.47. The molecule has 8 nitrogen and oxygen atoms in total. The minimum Gasteiger partial charge on any atom is -0.506 e. The van der Waals surface area contributed by atoms with Crippen molar-refractivity contribution in [2.24, 2.45) is 10.7 Å². The monoisotopic (exact) mass is 344 g/mol. The first-order valence-corrected chi connectivity index (χ1v) is 8.47. The van der Waals surface area contributed by atoms with Gasteiger partial charge in [0.2, 0.25) is 5.95 Å². The third-order valence-electron chi connectivity index (χ3n) is 4.15. The molecule has 1 aliphatic rings. The van der Waals surface area contributed by atoms with Crippen molar-refractivity contribution in [3.63, 3.8) is 0 Å². The lowest BCUT2D eigenvalue weighted by molar-refractivity contribution is 0.0377. The number of aliphatic imine (C=N–C) groups is 1. The lowest BCUT2D eigenvalue weighted by Gasteiger charge is -2.26. The van der Waals surface area contributed by atoms with Gasteiger partial charge in [0.05, 0.1) is 18.9 Å². The van der Waals surface area contributed by atoms with E-state index in [0.717, 1.165) is 50.3 Å². The molecule has 0 aliphatic carbocycles. The summed E-state index contributed by atoms with van der Waals surface area (Å²) >= 11 is 0. The van der Waals surface area contributed by atoms with Crippen LogP contribution in [0.4, 0.5) is 5.95 Å². The molecular formula is C17H24N6O2. The van der Waals surface area contributed by atoms with Gasteiger partial charge in [-0.1, -0.05) is 12.1 Å². The van der Waals surface area contributed by atoms with E-state index in [1.165, 1.54) is 0 Å².